The monoisotopic (exact) mass is 386 g/mol. The predicted octanol–water partition coefficient (Wildman–Crippen LogP) is 4.34. The maximum atomic E-state index is 11.9. The summed E-state index contributed by atoms with van der Waals surface area (Å²) in [5.74, 6) is 1.02. The lowest BCUT2D eigenvalue weighted by molar-refractivity contribution is 0.0593. The van der Waals surface area contributed by atoms with Crippen molar-refractivity contribution in [1.82, 2.24) is 9.97 Å². The van der Waals surface area contributed by atoms with Gasteiger partial charge in [-0.25, -0.2) is 9.78 Å². The van der Waals surface area contributed by atoms with E-state index in [9.17, 15) is 4.79 Å². The van der Waals surface area contributed by atoms with Gasteiger partial charge in [0.15, 0.2) is 11.5 Å². The number of ether oxygens (including phenoxy) is 3. The zero-order valence-corrected chi connectivity index (χ0v) is 15.8. The lowest BCUT2D eigenvalue weighted by Crippen LogP contribution is -2.06. The molecule has 0 spiro atoms. The third-order valence-electron chi connectivity index (χ3n) is 5.02. The summed E-state index contributed by atoms with van der Waals surface area (Å²) in [5, 5.41) is 1.04. The lowest BCUT2D eigenvalue weighted by atomic mass is 10.0. The molecule has 3 heterocycles. The summed E-state index contributed by atoms with van der Waals surface area (Å²) in [4.78, 5) is 19.9. The van der Waals surface area contributed by atoms with Gasteiger partial charge >= 0.3 is 5.97 Å². The van der Waals surface area contributed by atoms with Gasteiger partial charge in [-0.3, -0.25) is 0 Å². The Morgan fingerprint density at radius 3 is 2.66 bits per heavy atom. The minimum atomic E-state index is -0.447. The minimum Gasteiger partial charge on any atom is -0.464 e. The lowest BCUT2D eigenvalue weighted by Gasteiger charge is -2.07. The molecule has 0 bridgehead atoms. The summed E-state index contributed by atoms with van der Waals surface area (Å²) < 4.78 is 15.9. The number of nitrogens with zero attached hydrogens (tertiary/aromatic N) is 1. The molecule has 0 saturated heterocycles. The van der Waals surface area contributed by atoms with Crippen LogP contribution in [0.4, 0.5) is 0 Å². The van der Waals surface area contributed by atoms with Crippen LogP contribution in [0.1, 0.15) is 21.7 Å². The third kappa shape index (κ3) is 3.08. The normalized spacial score (nSPS) is 12.3. The van der Waals surface area contributed by atoms with Crippen LogP contribution in [0.2, 0.25) is 0 Å². The molecule has 6 nitrogen and oxygen atoms in total. The van der Waals surface area contributed by atoms with Crippen molar-refractivity contribution in [3.8, 4) is 22.8 Å². The number of H-pyrrole nitrogens is 1. The van der Waals surface area contributed by atoms with Gasteiger partial charge in [0.2, 0.25) is 6.79 Å². The van der Waals surface area contributed by atoms with Crippen LogP contribution >= 0.6 is 0 Å². The fraction of sp³-hybridized carbons (Fsp3) is 0.130. The van der Waals surface area contributed by atoms with Crippen molar-refractivity contribution in [2.24, 2.45) is 0 Å². The number of fused-ring (bicyclic) bond motifs is 2. The van der Waals surface area contributed by atoms with E-state index in [0.717, 1.165) is 44.9 Å². The summed E-state index contributed by atoms with van der Waals surface area (Å²) in [6.07, 6.45) is 0.550. The second-order valence-electron chi connectivity index (χ2n) is 6.78. The molecule has 0 saturated carbocycles. The van der Waals surface area contributed by atoms with Crippen molar-refractivity contribution in [1.29, 1.82) is 0 Å². The Labute approximate surface area is 167 Å². The molecule has 1 aliphatic rings. The summed E-state index contributed by atoms with van der Waals surface area (Å²) in [7, 11) is 1.35. The van der Waals surface area contributed by atoms with Crippen molar-refractivity contribution in [3.05, 3.63) is 77.6 Å². The molecule has 0 atom stereocenters. The summed E-state index contributed by atoms with van der Waals surface area (Å²) in [5.41, 5.74) is 5.21. The Kier molecular flexibility index (Phi) is 4.17. The van der Waals surface area contributed by atoms with Gasteiger partial charge in [-0.1, -0.05) is 36.4 Å². The molecule has 4 aromatic rings. The van der Waals surface area contributed by atoms with E-state index < -0.39 is 5.97 Å². The first-order valence-corrected chi connectivity index (χ1v) is 9.27. The van der Waals surface area contributed by atoms with Gasteiger partial charge in [0.05, 0.1) is 18.3 Å². The second-order valence-corrected chi connectivity index (χ2v) is 6.78. The smallest absolute Gasteiger partial charge is 0.356 e. The Morgan fingerprint density at radius 2 is 1.86 bits per heavy atom. The molecule has 144 valence electrons. The van der Waals surface area contributed by atoms with Gasteiger partial charge in [0.25, 0.3) is 0 Å². The van der Waals surface area contributed by atoms with Gasteiger partial charge in [-0.2, -0.15) is 0 Å². The number of carbonyl (C=O) groups excluding carboxylic acids is 1. The SMILES string of the molecule is COC(=O)c1cccc(Cc2c(-c3ccccc3)[nH]c3cc4c(cc23)OCO4)n1. The van der Waals surface area contributed by atoms with E-state index in [1.165, 1.54) is 7.11 Å². The summed E-state index contributed by atoms with van der Waals surface area (Å²) >= 11 is 0. The molecular weight excluding hydrogens is 368 g/mol. The second kappa shape index (κ2) is 6.98. The molecule has 2 aromatic heterocycles. The van der Waals surface area contributed by atoms with Crippen LogP contribution in [0.5, 0.6) is 11.5 Å². The van der Waals surface area contributed by atoms with E-state index in [0.29, 0.717) is 12.1 Å². The zero-order valence-electron chi connectivity index (χ0n) is 15.8. The number of hydrogen-bond donors (Lipinski definition) is 1. The highest BCUT2D eigenvalue weighted by atomic mass is 16.7. The van der Waals surface area contributed by atoms with Crippen molar-refractivity contribution >= 4 is 16.9 Å². The number of nitrogens with one attached hydrogen (secondary N) is 1. The fourth-order valence-corrected chi connectivity index (χ4v) is 3.65. The van der Waals surface area contributed by atoms with E-state index in [2.05, 4.69) is 22.1 Å². The highest BCUT2D eigenvalue weighted by Gasteiger charge is 2.20. The van der Waals surface area contributed by atoms with Crippen LogP contribution in [0, 0.1) is 0 Å². The number of aromatic nitrogens is 2. The van der Waals surface area contributed by atoms with Gasteiger partial charge in [0.1, 0.15) is 5.69 Å². The van der Waals surface area contributed by atoms with Gasteiger partial charge in [-0.05, 0) is 29.3 Å². The molecule has 0 aliphatic carbocycles. The molecule has 1 N–H and O–H groups in total. The van der Waals surface area contributed by atoms with Crippen molar-refractivity contribution in [2.75, 3.05) is 13.9 Å². The standard InChI is InChI=1S/C23H18N2O4/c1-27-23(26)18-9-5-8-15(24-18)10-17-16-11-20-21(29-13-28-20)12-19(16)25-22(17)14-6-3-2-4-7-14/h2-9,11-12,25H,10,13H2,1H3. The average molecular weight is 386 g/mol. The van der Waals surface area contributed by atoms with Crippen molar-refractivity contribution < 1.29 is 19.0 Å². The quantitative estimate of drug-likeness (QED) is 0.528. The van der Waals surface area contributed by atoms with Gasteiger partial charge in [0, 0.05) is 23.6 Å². The van der Waals surface area contributed by atoms with E-state index >= 15 is 0 Å². The minimum absolute atomic E-state index is 0.228. The number of aromatic amines is 1. The number of pyridine rings is 1. The first kappa shape index (κ1) is 17.3. The topological polar surface area (TPSA) is 73.4 Å². The van der Waals surface area contributed by atoms with Crippen LogP contribution in [0.3, 0.4) is 0 Å². The third-order valence-corrected chi connectivity index (χ3v) is 5.02. The summed E-state index contributed by atoms with van der Waals surface area (Å²) in [6.45, 7) is 0.228. The molecular formula is C23H18N2O4. The molecule has 2 aromatic carbocycles. The fourth-order valence-electron chi connectivity index (χ4n) is 3.65. The van der Waals surface area contributed by atoms with Gasteiger partial charge < -0.3 is 19.2 Å². The number of hydrogen-bond acceptors (Lipinski definition) is 5. The molecule has 6 heteroatoms. The largest absolute Gasteiger partial charge is 0.464 e. The Bertz CT molecular complexity index is 1210. The number of methoxy groups -OCH3 is 1. The molecule has 0 amide bonds. The molecule has 0 unspecified atom stereocenters. The number of rotatable bonds is 4. The van der Waals surface area contributed by atoms with Crippen molar-refractivity contribution in [3.63, 3.8) is 0 Å². The van der Waals surface area contributed by atoms with Crippen LogP contribution in [0.15, 0.2) is 60.7 Å². The van der Waals surface area contributed by atoms with E-state index in [1.54, 1.807) is 6.07 Å². The maximum absolute atomic E-state index is 11.9. The first-order valence-electron chi connectivity index (χ1n) is 9.27. The molecule has 29 heavy (non-hydrogen) atoms. The van der Waals surface area contributed by atoms with Crippen LogP contribution in [0.25, 0.3) is 22.2 Å². The Balaban J connectivity index is 1.66. The van der Waals surface area contributed by atoms with Gasteiger partial charge in [-0.15, -0.1) is 0 Å². The number of esters is 1. The molecule has 5 rings (SSSR count). The van der Waals surface area contributed by atoms with Crippen LogP contribution < -0.4 is 9.47 Å². The zero-order chi connectivity index (χ0) is 19.8. The summed E-state index contributed by atoms with van der Waals surface area (Å²) in [6, 6.07) is 19.5. The predicted molar refractivity (Wildman–Crippen MR) is 108 cm³/mol. The maximum Gasteiger partial charge on any atom is 0.356 e. The van der Waals surface area contributed by atoms with Crippen LogP contribution in [-0.2, 0) is 11.2 Å². The van der Waals surface area contributed by atoms with E-state index in [4.69, 9.17) is 14.2 Å². The number of benzene rings is 2. The Hall–Kier alpha value is -3.80. The first-order chi connectivity index (χ1) is 14.2. The molecule has 1 aliphatic heterocycles. The molecule has 0 radical (unpaired) electrons. The van der Waals surface area contributed by atoms with Crippen LogP contribution in [-0.4, -0.2) is 29.8 Å². The van der Waals surface area contributed by atoms with E-state index in [1.807, 2.05) is 42.5 Å². The number of carbonyl (C=O) groups is 1. The van der Waals surface area contributed by atoms with Crippen molar-refractivity contribution in [2.45, 2.75) is 6.42 Å². The average Bonchev–Trinajstić information content (AvgIpc) is 3.36. The highest BCUT2D eigenvalue weighted by molar-refractivity contribution is 5.93. The van der Waals surface area contributed by atoms with E-state index in [-0.39, 0.29) is 6.79 Å². The molecule has 0 fully saturated rings. The Morgan fingerprint density at radius 1 is 1.07 bits per heavy atom. The highest BCUT2D eigenvalue weighted by Crippen LogP contribution is 2.40.